The van der Waals surface area contributed by atoms with Crippen LogP contribution in [-0.2, 0) is 0 Å². The predicted molar refractivity (Wildman–Crippen MR) is 60.1 cm³/mol. The molecule has 6 heteroatoms. The number of hydrogen-bond acceptors (Lipinski definition) is 5. The van der Waals surface area contributed by atoms with Gasteiger partial charge in [-0.15, -0.1) is 0 Å². The molecule has 0 amide bonds. The molecule has 0 aromatic carbocycles. The van der Waals surface area contributed by atoms with Crippen molar-refractivity contribution in [2.45, 2.75) is 13.0 Å². The lowest BCUT2D eigenvalue weighted by atomic mass is 10.4. The first-order valence-electron chi connectivity index (χ1n) is 4.78. The number of aliphatic hydroxyl groups is 1. The maximum absolute atomic E-state index is 8.99. The van der Waals surface area contributed by atoms with Crippen molar-refractivity contribution < 1.29 is 5.11 Å². The van der Waals surface area contributed by atoms with Crippen LogP contribution in [0.4, 0.5) is 5.82 Å². The Morgan fingerprint density at radius 3 is 3.00 bits per heavy atom. The Labute approximate surface area is 93.9 Å². The summed E-state index contributed by atoms with van der Waals surface area (Å²) < 4.78 is 0. The number of nitrogens with one attached hydrogen (secondary N) is 2. The summed E-state index contributed by atoms with van der Waals surface area (Å²) >= 11 is 5.84. The van der Waals surface area contributed by atoms with Crippen LogP contribution < -0.4 is 10.6 Å². The van der Waals surface area contributed by atoms with Crippen molar-refractivity contribution in [3.05, 3.63) is 17.5 Å². The van der Waals surface area contributed by atoms with E-state index < -0.39 is 0 Å². The van der Waals surface area contributed by atoms with Crippen molar-refractivity contribution >= 4 is 17.4 Å². The van der Waals surface area contributed by atoms with Gasteiger partial charge in [0.05, 0.1) is 12.3 Å². The summed E-state index contributed by atoms with van der Waals surface area (Å²) in [6, 6.07) is 0. The number of hydrogen-bond donors (Lipinski definition) is 3. The van der Waals surface area contributed by atoms with Crippen LogP contribution in [0.1, 0.15) is 6.92 Å². The van der Waals surface area contributed by atoms with E-state index in [0.717, 1.165) is 6.54 Å². The second-order valence-electron chi connectivity index (χ2n) is 3.20. The fourth-order valence-corrected chi connectivity index (χ4v) is 1.19. The van der Waals surface area contributed by atoms with E-state index in [2.05, 4.69) is 20.6 Å². The second-order valence-corrected chi connectivity index (χ2v) is 3.61. The van der Waals surface area contributed by atoms with Gasteiger partial charge in [-0.25, -0.2) is 9.97 Å². The molecular weight excluding hydrogens is 216 g/mol. The number of anilines is 1. The van der Waals surface area contributed by atoms with Crippen LogP contribution in [0.25, 0.3) is 0 Å². The molecule has 0 spiro atoms. The van der Waals surface area contributed by atoms with Crippen molar-refractivity contribution in [3.8, 4) is 0 Å². The maximum Gasteiger partial charge on any atom is 0.148 e. The smallest absolute Gasteiger partial charge is 0.148 e. The van der Waals surface area contributed by atoms with E-state index in [1.807, 2.05) is 0 Å². The van der Waals surface area contributed by atoms with E-state index in [-0.39, 0.29) is 6.10 Å². The van der Waals surface area contributed by atoms with E-state index in [9.17, 15) is 0 Å². The zero-order valence-corrected chi connectivity index (χ0v) is 9.33. The molecule has 0 aliphatic rings. The predicted octanol–water partition coefficient (Wildman–Crippen LogP) is 0.512. The van der Waals surface area contributed by atoms with E-state index >= 15 is 0 Å². The van der Waals surface area contributed by atoms with Crippen LogP contribution in [0.3, 0.4) is 0 Å². The first kappa shape index (κ1) is 12.2. The molecule has 1 aromatic rings. The standard InChI is InChI=1S/C9H15ClN4O/c1-7(15)4-11-2-3-13-9-8(10)5-12-6-14-9/h5-7,11,15H,2-4H2,1H3,(H,12,13,14). The molecule has 0 fully saturated rings. The Balaban J connectivity index is 2.18. The number of halogens is 1. The molecule has 1 rings (SSSR count). The molecule has 0 saturated carbocycles. The number of aromatic nitrogens is 2. The van der Waals surface area contributed by atoms with Crippen molar-refractivity contribution in [3.63, 3.8) is 0 Å². The van der Waals surface area contributed by atoms with Crippen molar-refractivity contribution in [2.75, 3.05) is 25.0 Å². The molecule has 1 atom stereocenters. The van der Waals surface area contributed by atoms with Crippen molar-refractivity contribution in [1.82, 2.24) is 15.3 Å². The monoisotopic (exact) mass is 230 g/mol. The summed E-state index contributed by atoms with van der Waals surface area (Å²) in [7, 11) is 0. The summed E-state index contributed by atoms with van der Waals surface area (Å²) in [5.41, 5.74) is 0. The van der Waals surface area contributed by atoms with Gasteiger partial charge in [0.25, 0.3) is 0 Å². The largest absolute Gasteiger partial charge is 0.392 e. The summed E-state index contributed by atoms with van der Waals surface area (Å²) in [5, 5.41) is 15.6. The Hall–Kier alpha value is -0.910. The van der Waals surface area contributed by atoms with E-state index in [4.69, 9.17) is 16.7 Å². The summed E-state index contributed by atoms with van der Waals surface area (Å²) in [5.74, 6) is 0.630. The van der Waals surface area contributed by atoms with Gasteiger partial charge in [0.2, 0.25) is 0 Å². The molecule has 0 saturated heterocycles. The third-order valence-electron chi connectivity index (χ3n) is 1.70. The molecular formula is C9H15ClN4O. The number of nitrogens with zero attached hydrogens (tertiary/aromatic N) is 2. The highest BCUT2D eigenvalue weighted by molar-refractivity contribution is 6.32. The summed E-state index contributed by atoms with van der Waals surface area (Å²) in [6.07, 6.45) is 2.66. The fourth-order valence-electron chi connectivity index (χ4n) is 1.02. The molecule has 0 radical (unpaired) electrons. The zero-order valence-electron chi connectivity index (χ0n) is 8.57. The lowest BCUT2D eigenvalue weighted by Gasteiger charge is -2.08. The van der Waals surface area contributed by atoms with Crippen LogP contribution in [0.2, 0.25) is 5.02 Å². The highest BCUT2D eigenvalue weighted by Gasteiger charge is 1.99. The van der Waals surface area contributed by atoms with Crippen LogP contribution in [0.5, 0.6) is 0 Å². The fraction of sp³-hybridized carbons (Fsp3) is 0.556. The third kappa shape index (κ3) is 4.92. The van der Waals surface area contributed by atoms with Crippen LogP contribution in [-0.4, -0.2) is 40.8 Å². The molecule has 1 aromatic heterocycles. The van der Waals surface area contributed by atoms with Gasteiger partial charge in [0.15, 0.2) is 0 Å². The highest BCUT2D eigenvalue weighted by Crippen LogP contribution is 2.14. The van der Waals surface area contributed by atoms with Crippen LogP contribution >= 0.6 is 11.6 Å². The van der Waals surface area contributed by atoms with Gasteiger partial charge in [-0.3, -0.25) is 0 Å². The van der Waals surface area contributed by atoms with Gasteiger partial charge in [-0.2, -0.15) is 0 Å². The number of aliphatic hydroxyl groups excluding tert-OH is 1. The number of rotatable bonds is 6. The minimum Gasteiger partial charge on any atom is -0.392 e. The van der Waals surface area contributed by atoms with Crippen LogP contribution in [0.15, 0.2) is 12.5 Å². The SMILES string of the molecule is CC(O)CNCCNc1ncncc1Cl. The quantitative estimate of drug-likeness (QED) is 0.622. The second kappa shape index (κ2) is 6.55. The third-order valence-corrected chi connectivity index (χ3v) is 1.98. The van der Waals surface area contributed by atoms with Crippen LogP contribution in [0, 0.1) is 0 Å². The summed E-state index contributed by atoms with van der Waals surface area (Å²) in [4.78, 5) is 7.76. The average molecular weight is 231 g/mol. The molecule has 84 valence electrons. The van der Waals surface area contributed by atoms with Gasteiger partial charge in [0, 0.05) is 19.6 Å². The molecule has 3 N–H and O–H groups in total. The topological polar surface area (TPSA) is 70.1 Å². The van der Waals surface area contributed by atoms with Crippen molar-refractivity contribution in [2.24, 2.45) is 0 Å². The Kier molecular flexibility index (Phi) is 5.31. The van der Waals surface area contributed by atoms with Gasteiger partial charge < -0.3 is 15.7 Å². The maximum atomic E-state index is 8.99. The first-order chi connectivity index (χ1) is 7.20. The molecule has 0 bridgehead atoms. The van der Waals surface area contributed by atoms with Gasteiger partial charge in [0.1, 0.15) is 17.2 Å². The lowest BCUT2D eigenvalue weighted by Crippen LogP contribution is -2.29. The summed E-state index contributed by atoms with van der Waals surface area (Å²) in [6.45, 7) is 3.76. The Morgan fingerprint density at radius 2 is 2.33 bits per heavy atom. The van der Waals surface area contributed by atoms with Gasteiger partial charge in [-0.1, -0.05) is 11.6 Å². The molecule has 1 heterocycles. The normalized spacial score (nSPS) is 12.5. The average Bonchev–Trinajstić information content (AvgIpc) is 2.20. The minimum atomic E-state index is -0.326. The molecule has 1 unspecified atom stereocenters. The Bertz CT molecular complexity index is 295. The van der Waals surface area contributed by atoms with Gasteiger partial charge in [-0.05, 0) is 6.92 Å². The molecule has 0 aliphatic heterocycles. The lowest BCUT2D eigenvalue weighted by molar-refractivity contribution is 0.192. The van der Waals surface area contributed by atoms with E-state index in [0.29, 0.717) is 23.9 Å². The molecule has 0 aliphatic carbocycles. The zero-order chi connectivity index (χ0) is 11.1. The van der Waals surface area contributed by atoms with Crippen molar-refractivity contribution in [1.29, 1.82) is 0 Å². The van der Waals surface area contributed by atoms with E-state index in [1.54, 1.807) is 13.1 Å². The highest BCUT2D eigenvalue weighted by atomic mass is 35.5. The Morgan fingerprint density at radius 1 is 1.53 bits per heavy atom. The first-order valence-corrected chi connectivity index (χ1v) is 5.16. The van der Waals surface area contributed by atoms with E-state index in [1.165, 1.54) is 6.33 Å². The van der Waals surface area contributed by atoms with Gasteiger partial charge >= 0.3 is 0 Å². The molecule has 15 heavy (non-hydrogen) atoms. The molecule has 5 nitrogen and oxygen atoms in total. The minimum absolute atomic E-state index is 0.326.